The zero-order chi connectivity index (χ0) is 10.6. The predicted molar refractivity (Wildman–Crippen MR) is 59.0 cm³/mol. The molecule has 0 amide bonds. The minimum Gasteiger partial charge on any atom is -0.381 e. The average molecular weight is 188 g/mol. The second-order valence-corrected chi connectivity index (χ2v) is 3.80. The second-order valence-electron chi connectivity index (χ2n) is 3.80. The molecular weight excluding hydrogens is 172 g/mol. The van der Waals surface area contributed by atoms with Crippen LogP contribution in [0.2, 0.25) is 0 Å². The molecule has 1 unspecified atom stereocenters. The molecule has 0 saturated heterocycles. The van der Waals surface area contributed by atoms with E-state index < -0.39 is 5.60 Å². The smallest absolute Gasteiger partial charge is 0.112 e. The van der Waals surface area contributed by atoms with Crippen molar-refractivity contribution >= 4 is 0 Å². The van der Waals surface area contributed by atoms with E-state index in [-0.39, 0.29) is 0 Å². The maximum absolute atomic E-state index is 10.1. The Bertz CT molecular complexity index is 350. The van der Waals surface area contributed by atoms with Gasteiger partial charge in [0.1, 0.15) is 5.60 Å². The molecule has 0 fully saturated rings. The highest BCUT2D eigenvalue weighted by Gasteiger charge is 2.18. The number of hydrogen-bond donors (Lipinski definition) is 1. The summed E-state index contributed by atoms with van der Waals surface area (Å²) in [6.45, 7) is 5.67. The number of rotatable bonds is 2. The van der Waals surface area contributed by atoms with Crippen molar-refractivity contribution in [2.45, 2.75) is 26.4 Å². The summed E-state index contributed by atoms with van der Waals surface area (Å²) in [7, 11) is 0. The fourth-order valence-corrected chi connectivity index (χ4v) is 1.14. The summed E-state index contributed by atoms with van der Waals surface area (Å²) in [4.78, 5) is 0. The lowest BCUT2D eigenvalue weighted by atomic mass is 9.96. The van der Waals surface area contributed by atoms with Gasteiger partial charge in [-0.25, -0.2) is 0 Å². The molecule has 1 aromatic rings. The molecule has 0 saturated carbocycles. The Labute approximate surface area is 85.4 Å². The molecule has 1 heteroatoms. The molecule has 1 rings (SSSR count). The van der Waals surface area contributed by atoms with Gasteiger partial charge < -0.3 is 5.11 Å². The normalized spacial score (nSPS) is 14.0. The van der Waals surface area contributed by atoms with Gasteiger partial charge in [-0.3, -0.25) is 0 Å². The van der Waals surface area contributed by atoms with Crippen LogP contribution in [-0.2, 0) is 5.60 Å². The van der Waals surface area contributed by atoms with Gasteiger partial charge in [-0.15, -0.1) is 5.73 Å². The van der Waals surface area contributed by atoms with Gasteiger partial charge in [0, 0.05) is 0 Å². The van der Waals surface area contributed by atoms with Crippen LogP contribution in [0, 0.1) is 0 Å². The van der Waals surface area contributed by atoms with Gasteiger partial charge in [-0.2, -0.15) is 0 Å². The molecule has 1 aromatic carbocycles. The fraction of sp³-hybridized carbons (Fsp3) is 0.308. The van der Waals surface area contributed by atoms with Crippen molar-refractivity contribution in [1.82, 2.24) is 0 Å². The van der Waals surface area contributed by atoms with Crippen LogP contribution >= 0.6 is 0 Å². The van der Waals surface area contributed by atoms with Gasteiger partial charge in [-0.05, 0) is 38.0 Å². The van der Waals surface area contributed by atoms with Crippen molar-refractivity contribution in [3.05, 3.63) is 53.3 Å². The highest BCUT2D eigenvalue weighted by Crippen LogP contribution is 2.21. The van der Waals surface area contributed by atoms with E-state index in [0.717, 1.165) is 11.1 Å². The van der Waals surface area contributed by atoms with Crippen LogP contribution in [0.4, 0.5) is 0 Å². The molecule has 0 aromatic heterocycles. The Morgan fingerprint density at radius 2 is 1.86 bits per heavy atom. The minimum atomic E-state index is -0.932. The summed E-state index contributed by atoms with van der Waals surface area (Å²) in [5.74, 6) is 0. The first-order valence-corrected chi connectivity index (χ1v) is 4.71. The Balaban J connectivity index is 3.03. The molecular formula is C13H16O. The van der Waals surface area contributed by atoms with Crippen LogP contribution in [0.3, 0.4) is 0 Å². The van der Waals surface area contributed by atoms with Gasteiger partial charge in [0.15, 0.2) is 0 Å². The molecule has 1 N–H and O–H groups in total. The van der Waals surface area contributed by atoms with Crippen LogP contribution in [0.15, 0.2) is 47.7 Å². The summed E-state index contributed by atoms with van der Waals surface area (Å²) >= 11 is 0. The minimum absolute atomic E-state index is 0.883. The van der Waals surface area contributed by atoms with E-state index in [1.54, 1.807) is 13.0 Å². The maximum Gasteiger partial charge on any atom is 0.112 e. The van der Waals surface area contributed by atoms with E-state index in [0.29, 0.717) is 0 Å². The summed E-state index contributed by atoms with van der Waals surface area (Å²) in [6.07, 6.45) is 1.69. The zero-order valence-electron chi connectivity index (χ0n) is 8.91. The molecule has 0 radical (unpaired) electrons. The van der Waals surface area contributed by atoms with E-state index in [4.69, 9.17) is 0 Å². The highest BCUT2D eigenvalue weighted by atomic mass is 16.3. The van der Waals surface area contributed by atoms with Gasteiger partial charge in [-0.1, -0.05) is 30.3 Å². The van der Waals surface area contributed by atoms with Crippen molar-refractivity contribution in [2.75, 3.05) is 0 Å². The molecule has 0 bridgehead atoms. The van der Waals surface area contributed by atoms with Crippen molar-refractivity contribution in [3.8, 4) is 0 Å². The van der Waals surface area contributed by atoms with E-state index in [9.17, 15) is 5.11 Å². The third-order valence-corrected chi connectivity index (χ3v) is 2.00. The number of hydrogen-bond acceptors (Lipinski definition) is 1. The summed E-state index contributed by atoms with van der Waals surface area (Å²) in [5.41, 5.74) is 4.03. The second kappa shape index (κ2) is 4.28. The van der Waals surface area contributed by atoms with Crippen molar-refractivity contribution in [3.63, 3.8) is 0 Å². The first kappa shape index (κ1) is 10.8. The lowest BCUT2D eigenvalue weighted by Gasteiger charge is -2.18. The van der Waals surface area contributed by atoms with Crippen molar-refractivity contribution in [1.29, 1.82) is 0 Å². The standard InChI is InChI=1S/C13H16O/c1-11(2)9-10-13(3,14)12-7-5-4-6-8-12/h4-8,10,14H,1-3H3. The Kier molecular flexibility index (Phi) is 3.29. The zero-order valence-corrected chi connectivity index (χ0v) is 8.91. The van der Waals surface area contributed by atoms with E-state index in [1.165, 1.54) is 0 Å². The molecule has 74 valence electrons. The van der Waals surface area contributed by atoms with Crippen LogP contribution in [0.5, 0.6) is 0 Å². The van der Waals surface area contributed by atoms with Crippen molar-refractivity contribution in [2.24, 2.45) is 0 Å². The van der Waals surface area contributed by atoms with Gasteiger partial charge in [0.2, 0.25) is 0 Å². The largest absolute Gasteiger partial charge is 0.381 e. The number of benzene rings is 1. The average Bonchev–Trinajstić information content (AvgIpc) is 2.16. The van der Waals surface area contributed by atoms with E-state index in [2.05, 4.69) is 5.73 Å². The predicted octanol–water partition coefficient (Wildman–Crippen LogP) is 3.02. The fourth-order valence-electron chi connectivity index (χ4n) is 1.14. The molecule has 0 aliphatic carbocycles. The molecule has 0 spiro atoms. The highest BCUT2D eigenvalue weighted by molar-refractivity contribution is 5.26. The topological polar surface area (TPSA) is 20.2 Å². The molecule has 0 aliphatic rings. The van der Waals surface area contributed by atoms with Crippen LogP contribution in [-0.4, -0.2) is 5.11 Å². The van der Waals surface area contributed by atoms with Crippen LogP contribution < -0.4 is 0 Å². The van der Waals surface area contributed by atoms with Crippen molar-refractivity contribution < 1.29 is 5.11 Å². The van der Waals surface area contributed by atoms with E-state index >= 15 is 0 Å². The first-order chi connectivity index (χ1) is 6.52. The number of aliphatic hydroxyl groups is 1. The summed E-state index contributed by atoms with van der Waals surface area (Å²) in [5, 5.41) is 10.1. The SMILES string of the molecule is CC(C)=C=CC(C)(O)c1ccccc1. The molecule has 0 heterocycles. The lowest BCUT2D eigenvalue weighted by molar-refractivity contribution is 0.111. The lowest BCUT2D eigenvalue weighted by Crippen LogP contribution is -2.16. The third kappa shape index (κ3) is 2.88. The Morgan fingerprint density at radius 3 is 2.36 bits per heavy atom. The monoisotopic (exact) mass is 188 g/mol. The quantitative estimate of drug-likeness (QED) is 0.707. The molecule has 1 nitrogen and oxygen atoms in total. The van der Waals surface area contributed by atoms with Gasteiger partial charge in [0.25, 0.3) is 0 Å². The molecule has 0 aliphatic heterocycles. The van der Waals surface area contributed by atoms with Gasteiger partial charge in [0.05, 0.1) is 0 Å². The molecule has 14 heavy (non-hydrogen) atoms. The van der Waals surface area contributed by atoms with Gasteiger partial charge >= 0.3 is 0 Å². The maximum atomic E-state index is 10.1. The molecule has 1 atom stereocenters. The third-order valence-electron chi connectivity index (χ3n) is 2.00. The van der Waals surface area contributed by atoms with E-state index in [1.807, 2.05) is 44.2 Å². The Morgan fingerprint density at radius 1 is 1.29 bits per heavy atom. The van der Waals surface area contributed by atoms with Crippen LogP contribution in [0.25, 0.3) is 0 Å². The first-order valence-electron chi connectivity index (χ1n) is 4.71. The summed E-state index contributed by atoms with van der Waals surface area (Å²) in [6, 6.07) is 9.58. The summed E-state index contributed by atoms with van der Waals surface area (Å²) < 4.78 is 0. The van der Waals surface area contributed by atoms with Crippen LogP contribution in [0.1, 0.15) is 26.3 Å². The Hall–Kier alpha value is -1.30.